The molecule has 7 heteroatoms. The van der Waals surface area contributed by atoms with E-state index in [1.165, 1.54) is 6.07 Å². The van der Waals surface area contributed by atoms with E-state index in [1.54, 1.807) is 12.1 Å². The number of H-pyrrole nitrogens is 1. The van der Waals surface area contributed by atoms with E-state index in [-0.39, 0.29) is 23.8 Å². The third-order valence-electron chi connectivity index (χ3n) is 3.43. The Morgan fingerprint density at radius 2 is 2.15 bits per heavy atom. The van der Waals surface area contributed by atoms with Gasteiger partial charge >= 0.3 is 5.97 Å². The molecule has 3 N–H and O–H groups in total. The number of hydrogen-bond acceptors (Lipinski definition) is 4. The second kappa shape index (κ2) is 4.44. The van der Waals surface area contributed by atoms with Gasteiger partial charge in [-0.25, -0.2) is 4.79 Å². The highest BCUT2D eigenvalue weighted by atomic mass is 16.4. The molecule has 20 heavy (non-hydrogen) atoms. The number of carboxylic acids is 1. The van der Waals surface area contributed by atoms with Crippen LogP contribution < -0.4 is 5.32 Å². The van der Waals surface area contributed by atoms with Gasteiger partial charge in [0.25, 0.3) is 0 Å². The maximum Gasteiger partial charge on any atom is 0.337 e. The van der Waals surface area contributed by atoms with Crippen molar-refractivity contribution in [2.75, 3.05) is 0 Å². The number of carbonyl (C=O) groups is 3. The molecular formula is C13H11N3O4. The SMILES string of the molecule is O=C1CCC(c2[nH]nc3c(C(=O)O)cccc23)C(=O)N1. The van der Waals surface area contributed by atoms with Crippen LogP contribution in [0.5, 0.6) is 0 Å². The topological polar surface area (TPSA) is 112 Å². The molecule has 3 rings (SSSR count). The van der Waals surface area contributed by atoms with Crippen LogP contribution in [0.25, 0.3) is 10.9 Å². The molecule has 0 saturated carbocycles. The molecule has 1 unspecified atom stereocenters. The van der Waals surface area contributed by atoms with Gasteiger partial charge in [0, 0.05) is 11.8 Å². The molecule has 1 aliphatic heterocycles. The molecule has 0 spiro atoms. The van der Waals surface area contributed by atoms with Gasteiger partial charge < -0.3 is 5.11 Å². The van der Waals surface area contributed by atoms with Crippen LogP contribution in [-0.4, -0.2) is 33.1 Å². The van der Waals surface area contributed by atoms with Crippen LogP contribution >= 0.6 is 0 Å². The van der Waals surface area contributed by atoms with Gasteiger partial charge in [-0.05, 0) is 12.5 Å². The molecule has 1 saturated heterocycles. The zero-order valence-electron chi connectivity index (χ0n) is 10.3. The summed E-state index contributed by atoms with van der Waals surface area (Å²) in [4.78, 5) is 34.2. The monoisotopic (exact) mass is 273 g/mol. The van der Waals surface area contributed by atoms with Crippen LogP contribution in [0.4, 0.5) is 0 Å². The first-order chi connectivity index (χ1) is 9.58. The summed E-state index contributed by atoms with van der Waals surface area (Å²) in [7, 11) is 0. The average molecular weight is 273 g/mol. The molecule has 1 aliphatic rings. The zero-order chi connectivity index (χ0) is 14.3. The second-order valence-electron chi connectivity index (χ2n) is 4.65. The van der Waals surface area contributed by atoms with Crippen LogP contribution in [0.2, 0.25) is 0 Å². The molecule has 2 amide bonds. The number of aromatic carboxylic acids is 1. The number of nitrogens with zero attached hydrogens (tertiary/aromatic N) is 1. The van der Waals surface area contributed by atoms with E-state index in [0.29, 0.717) is 23.0 Å². The fourth-order valence-electron chi connectivity index (χ4n) is 2.46. The Balaban J connectivity index is 2.09. The minimum atomic E-state index is -1.07. The van der Waals surface area contributed by atoms with Gasteiger partial charge in [-0.15, -0.1) is 0 Å². The van der Waals surface area contributed by atoms with Gasteiger partial charge in [0.15, 0.2) is 0 Å². The summed E-state index contributed by atoms with van der Waals surface area (Å²) >= 11 is 0. The lowest BCUT2D eigenvalue weighted by Crippen LogP contribution is -2.39. The predicted molar refractivity (Wildman–Crippen MR) is 68.2 cm³/mol. The van der Waals surface area contributed by atoms with Crippen molar-refractivity contribution >= 4 is 28.7 Å². The van der Waals surface area contributed by atoms with Gasteiger partial charge in [-0.1, -0.05) is 12.1 Å². The van der Waals surface area contributed by atoms with E-state index in [2.05, 4.69) is 15.5 Å². The van der Waals surface area contributed by atoms with Gasteiger partial charge in [0.1, 0.15) is 5.52 Å². The Labute approximate surface area is 113 Å². The van der Waals surface area contributed by atoms with Crippen molar-refractivity contribution in [3.8, 4) is 0 Å². The number of benzene rings is 1. The number of hydrogen-bond donors (Lipinski definition) is 3. The zero-order valence-corrected chi connectivity index (χ0v) is 10.3. The highest BCUT2D eigenvalue weighted by Crippen LogP contribution is 2.30. The Hall–Kier alpha value is -2.70. The summed E-state index contributed by atoms with van der Waals surface area (Å²) in [6.45, 7) is 0. The quantitative estimate of drug-likeness (QED) is 0.700. The van der Waals surface area contributed by atoms with Crippen molar-refractivity contribution in [2.45, 2.75) is 18.8 Å². The van der Waals surface area contributed by atoms with Crippen LogP contribution in [0, 0.1) is 0 Å². The molecule has 0 bridgehead atoms. The molecule has 1 aromatic carbocycles. The lowest BCUT2D eigenvalue weighted by atomic mass is 9.92. The molecule has 2 heterocycles. The third-order valence-corrected chi connectivity index (χ3v) is 3.43. The molecule has 1 atom stereocenters. The standard InChI is InChI=1S/C13H11N3O4/c17-9-5-4-7(12(18)14-9)10-6-2-1-3-8(13(19)20)11(6)16-15-10/h1-3,7H,4-5H2,(H,15,16)(H,19,20)(H,14,17,18). The molecule has 1 fully saturated rings. The number of piperidine rings is 1. The van der Waals surface area contributed by atoms with Crippen molar-refractivity contribution in [1.82, 2.24) is 15.5 Å². The number of rotatable bonds is 2. The van der Waals surface area contributed by atoms with Crippen molar-refractivity contribution in [3.63, 3.8) is 0 Å². The van der Waals surface area contributed by atoms with Crippen molar-refractivity contribution in [2.24, 2.45) is 0 Å². The van der Waals surface area contributed by atoms with Gasteiger partial charge in [-0.2, -0.15) is 5.10 Å². The Kier molecular flexibility index (Phi) is 2.74. The number of imide groups is 1. The van der Waals surface area contributed by atoms with E-state index >= 15 is 0 Å². The number of amides is 2. The maximum absolute atomic E-state index is 11.9. The van der Waals surface area contributed by atoms with Crippen molar-refractivity contribution in [1.29, 1.82) is 0 Å². The van der Waals surface area contributed by atoms with Gasteiger partial charge in [0.2, 0.25) is 11.8 Å². The molecule has 2 aromatic rings. The third kappa shape index (κ3) is 1.83. The molecule has 1 aromatic heterocycles. The summed E-state index contributed by atoms with van der Waals surface area (Å²) in [6.07, 6.45) is 0.648. The van der Waals surface area contributed by atoms with Crippen LogP contribution in [0.1, 0.15) is 34.8 Å². The lowest BCUT2D eigenvalue weighted by Gasteiger charge is -2.19. The first-order valence-corrected chi connectivity index (χ1v) is 6.12. The number of nitrogens with one attached hydrogen (secondary N) is 2. The lowest BCUT2D eigenvalue weighted by molar-refractivity contribution is -0.134. The van der Waals surface area contributed by atoms with E-state index < -0.39 is 11.9 Å². The Morgan fingerprint density at radius 3 is 2.85 bits per heavy atom. The fraction of sp³-hybridized carbons (Fsp3) is 0.231. The Morgan fingerprint density at radius 1 is 1.35 bits per heavy atom. The second-order valence-corrected chi connectivity index (χ2v) is 4.65. The van der Waals surface area contributed by atoms with E-state index in [1.807, 2.05) is 0 Å². The van der Waals surface area contributed by atoms with E-state index in [0.717, 1.165) is 0 Å². The van der Waals surface area contributed by atoms with Gasteiger partial charge in [0.05, 0.1) is 17.2 Å². The minimum Gasteiger partial charge on any atom is -0.478 e. The number of carbonyl (C=O) groups excluding carboxylic acids is 2. The number of carboxylic acid groups (broad SMARTS) is 1. The van der Waals surface area contributed by atoms with Crippen molar-refractivity contribution in [3.05, 3.63) is 29.5 Å². The number of para-hydroxylation sites is 1. The average Bonchev–Trinajstić information content (AvgIpc) is 2.82. The largest absolute Gasteiger partial charge is 0.478 e. The van der Waals surface area contributed by atoms with E-state index in [4.69, 9.17) is 5.11 Å². The predicted octanol–water partition coefficient (Wildman–Crippen LogP) is 0.781. The highest BCUT2D eigenvalue weighted by molar-refractivity contribution is 6.05. The normalized spacial score (nSPS) is 19.1. The fourth-order valence-corrected chi connectivity index (χ4v) is 2.46. The Bertz CT molecular complexity index is 734. The summed E-state index contributed by atoms with van der Waals surface area (Å²) in [6, 6.07) is 4.78. The molecule has 102 valence electrons. The summed E-state index contributed by atoms with van der Waals surface area (Å²) in [5.41, 5.74) is 0.949. The minimum absolute atomic E-state index is 0.0808. The van der Waals surface area contributed by atoms with Crippen LogP contribution in [-0.2, 0) is 9.59 Å². The number of aromatic nitrogens is 2. The molecule has 0 radical (unpaired) electrons. The smallest absolute Gasteiger partial charge is 0.337 e. The van der Waals surface area contributed by atoms with Crippen LogP contribution in [0.3, 0.4) is 0 Å². The van der Waals surface area contributed by atoms with Crippen molar-refractivity contribution < 1.29 is 19.5 Å². The summed E-state index contributed by atoms with van der Waals surface area (Å²) in [5.74, 6) is -2.26. The maximum atomic E-state index is 11.9. The molecular weight excluding hydrogens is 262 g/mol. The summed E-state index contributed by atoms with van der Waals surface area (Å²) in [5, 5.41) is 18.7. The first kappa shape index (κ1) is 12.3. The first-order valence-electron chi connectivity index (χ1n) is 6.12. The summed E-state index contributed by atoms with van der Waals surface area (Å²) < 4.78 is 0. The highest BCUT2D eigenvalue weighted by Gasteiger charge is 2.31. The molecule has 0 aliphatic carbocycles. The molecule has 7 nitrogen and oxygen atoms in total. The van der Waals surface area contributed by atoms with Gasteiger partial charge in [-0.3, -0.25) is 20.0 Å². The number of aromatic amines is 1. The van der Waals surface area contributed by atoms with E-state index in [9.17, 15) is 14.4 Å². The van der Waals surface area contributed by atoms with Crippen LogP contribution in [0.15, 0.2) is 18.2 Å². The number of fused-ring (bicyclic) bond motifs is 1.